The Hall–Kier alpha value is -1.24. The van der Waals surface area contributed by atoms with E-state index in [4.69, 9.17) is 19.8 Å². The van der Waals surface area contributed by atoms with Crippen LogP contribution in [0.25, 0.3) is 0 Å². The predicted octanol–water partition coefficient (Wildman–Crippen LogP) is 2.03. The summed E-state index contributed by atoms with van der Waals surface area (Å²) in [7, 11) is 0.900. The van der Waals surface area contributed by atoms with Crippen molar-refractivity contribution < 1.29 is 19.2 Å². The second-order valence-electron chi connectivity index (χ2n) is 6.04. The molecule has 3 N–H and O–H groups in total. The molecule has 1 aliphatic rings. The van der Waals surface area contributed by atoms with Crippen molar-refractivity contribution in [3.8, 4) is 11.5 Å². The molecule has 0 saturated carbocycles. The number of ether oxygens (including phenoxy) is 1. The Morgan fingerprint density at radius 2 is 1.75 bits per heavy atom. The zero-order valence-corrected chi connectivity index (χ0v) is 12.6. The molecule has 0 amide bonds. The van der Waals surface area contributed by atoms with E-state index in [0.717, 1.165) is 0 Å². The van der Waals surface area contributed by atoms with Crippen LogP contribution in [0.2, 0.25) is 0 Å². The Kier molecular flexibility index (Phi) is 3.75. The molecule has 1 atom stereocenters. The highest BCUT2D eigenvalue weighted by Gasteiger charge is 2.54. The molecule has 5 nitrogen and oxygen atoms in total. The summed E-state index contributed by atoms with van der Waals surface area (Å²) in [5, 5.41) is 10.0. The van der Waals surface area contributed by atoms with Crippen molar-refractivity contribution in [2.45, 2.75) is 44.8 Å². The summed E-state index contributed by atoms with van der Waals surface area (Å²) in [4.78, 5) is 0. The Balaban J connectivity index is 2.32. The van der Waals surface area contributed by atoms with Crippen LogP contribution in [0.4, 0.5) is 0 Å². The lowest BCUT2D eigenvalue weighted by Crippen LogP contribution is -2.41. The molecule has 0 spiro atoms. The lowest BCUT2D eigenvalue weighted by atomic mass is 9.74. The molecule has 1 fully saturated rings. The number of phenols is 1. The first-order valence-corrected chi connectivity index (χ1v) is 6.66. The van der Waals surface area contributed by atoms with E-state index in [2.05, 4.69) is 0 Å². The molecule has 0 radical (unpaired) electrons. The predicted molar refractivity (Wildman–Crippen MR) is 77.7 cm³/mol. The highest BCUT2D eigenvalue weighted by Crippen LogP contribution is 2.42. The fourth-order valence-corrected chi connectivity index (χ4v) is 2.22. The topological polar surface area (TPSA) is 73.9 Å². The third kappa shape index (κ3) is 2.39. The SMILES string of the molecule is COc1cccc(O)c1[C@@H](N)B1OC(C)(C)C(C)(C)O1. The van der Waals surface area contributed by atoms with E-state index in [1.807, 2.05) is 27.7 Å². The van der Waals surface area contributed by atoms with Gasteiger partial charge in [-0.25, -0.2) is 0 Å². The molecule has 0 unspecified atom stereocenters. The number of hydrogen-bond donors (Lipinski definition) is 2. The number of rotatable bonds is 3. The van der Waals surface area contributed by atoms with Gasteiger partial charge < -0.3 is 24.9 Å². The standard InChI is InChI=1S/C14H22BNO4/c1-13(2)14(3,4)20-15(19-13)12(16)11-9(17)7-6-8-10(11)18-5/h6-8,12,17H,16H2,1-5H3/t12-/m1/s1. The lowest BCUT2D eigenvalue weighted by molar-refractivity contribution is 0.00578. The van der Waals surface area contributed by atoms with Gasteiger partial charge in [0.15, 0.2) is 0 Å². The average Bonchev–Trinajstić information content (AvgIpc) is 2.57. The van der Waals surface area contributed by atoms with E-state index in [0.29, 0.717) is 11.3 Å². The Morgan fingerprint density at radius 1 is 1.20 bits per heavy atom. The van der Waals surface area contributed by atoms with Gasteiger partial charge in [0, 0.05) is 0 Å². The molecule has 1 aromatic carbocycles. The summed E-state index contributed by atoms with van der Waals surface area (Å²) in [6.07, 6.45) is 0. The minimum atomic E-state index is -0.637. The van der Waals surface area contributed by atoms with Crippen LogP contribution in [0.15, 0.2) is 18.2 Å². The molecule has 0 aliphatic carbocycles. The second-order valence-corrected chi connectivity index (χ2v) is 6.04. The first kappa shape index (κ1) is 15.2. The van der Waals surface area contributed by atoms with Gasteiger partial charge >= 0.3 is 7.12 Å². The molecular weight excluding hydrogens is 257 g/mol. The van der Waals surface area contributed by atoms with Crippen molar-refractivity contribution in [3.63, 3.8) is 0 Å². The van der Waals surface area contributed by atoms with Crippen molar-refractivity contribution >= 4 is 7.12 Å². The largest absolute Gasteiger partial charge is 0.507 e. The van der Waals surface area contributed by atoms with Gasteiger partial charge in [0.25, 0.3) is 0 Å². The summed E-state index contributed by atoms with van der Waals surface area (Å²) in [6, 6.07) is 5.03. The second kappa shape index (κ2) is 4.95. The summed E-state index contributed by atoms with van der Waals surface area (Å²) >= 11 is 0. The van der Waals surface area contributed by atoms with Crippen molar-refractivity contribution in [1.82, 2.24) is 0 Å². The van der Waals surface area contributed by atoms with Crippen LogP contribution in [0.5, 0.6) is 11.5 Å². The summed E-state index contributed by atoms with van der Waals surface area (Å²) < 4.78 is 17.1. The number of benzene rings is 1. The summed E-state index contributed by atoms with van der Waals surface area (Å²) in [5.74, 6) is -0.0361. The zero-order chi connectivity index (χ0) is 15.1. The molecule has 0 bridgehead atoms. The van der Waals surface area contributed by atoms with Gasteiger partial charge in [-0.05, 0) is 39.8 Å². The molecular formula is C14H22BNO4. The molecule has 0 aromatic heterocycles. The van der Waals surface area contributed by atoms with E-state index in [-0.39, 0.29) is 5.75 Å². The van der Waals surface area contributed by atoms with Crippen LogP contribution in [0.1, 0.15) is 39.2 Å². The Bertz CT molecular complexity index is 488. The van der Waals surface area contributed by atoms with Crippen LogP contribution >= 0.6 is 0 Å². The molecule has 20 heavy (non-hydrogen) atoms. The molecule has 1 saturated heterocycles. The van der Waals surface area contributed by atoms with Gasteiger partial charge in [0.05, 0.1) is 29.8 Å². The molecule has 1 aromatic rings. The average molecular weight is 279 g/mol. The summed E-state index contributed by atoms with van der Waals surface area (Å²) in [6.45, 7) is 7.84. The van der Waals surface area contributed by atoms with E-state index in [9.17, 15) is 5.11 Å². The van der Waals surface area contributed by atoms with E-state index in [1.165, 1.54) is 7.11 Å². The maximum absolute atomic E-state index is 10.0. The maximum Gasteiger partial charge on any atom is 0.480 e. The van der Waals surface area contributed by atoms with Gasteiger partial charge in [-0.15, -0.1) is 0 Å². The minimum absolute atomic E-state index is 0.0755. The first-order valence-electron chi connectivity index (χ1n) is 6.66. The van der Waals surface area contributed by atoms with Crippen molar-refractivity contribution in [2.24, 2.45) is 5.73 Å². The smallest absolute Gasteiger partial charge is 0.480 e. The molecule has 6 heteroatoms. The van der Waals surface area contributed by atoms with Crippen LogP contribution in [-0.4, -0.2) is 30.5 Å². The highest BCUT2D eigenvalue weighted by molar-refractivity contribution is 6.47. The highest BCUT2D eigenvalue weighted by atomic mass is 16.7. The van der Waals surface area contributed by atoms with E-state index >= 15 is 0 Å². The van der Waals surface area contributed by atoms with Gasteiger partial charge in [-0.3, -0.25) is 0 Å². The molecule has 110 valence electrons. The third-order valence-electron chi connectivity index (χ3n) is 4.16. The number of nitrogens with two attached hydrogens (primary N) is 1. The monoisotopic (exact) mass is 279 g/mol. The fraction of sp³-hybridized carbons (Fsp3) is 0.571. The van der Waals surface area contributed by atoms with Crippen molar-refractivity contribution in [3.05, 3.63) is 23.8 Å². The van der Waals surface area contributed by atoms with E-state index in [1.54, 1.807) is 18.2 Å². The molecule has 1 heterocycles. The van der Waals surface area contributed by atoms with Crippen LogP contribution in [0, 0.1) is 0 Å². The van der Waals surface area contributed by atoms with Crippen LogP contribution in [-0.2, 0) is 9.31 Å². The lowest BCUT2D eigenvalue weighted by Gasteiger charge is -2.32. The molecule has 2 rings (SSSR count). The van der Waals surface area contributed by atoms with Gasteiger partial charge in [-0.1, -0.05) is 6.07 Å². The summed E-state index contributed by atoms with van der Waals surface area (Å²) in [5.41, 5.74) is 5.79. The Morgan fingerprint density at radius 3 is 2.25 bits per heavy atom. The first-order chi connectivity index (χ1) is 9.19. The number of aromatic hydroxyl groups is 1. The van der Waals surface area contributed by atoms with Gasteiger partial charge in [-0.2, -0.15) is 0 Å². The van der Waals surface area contributed by atoms with Crippen LogP contribution < -0.4 is 10.5 Å². The van der Waals surface area contributed by atoms with Gasteiger partial charge in [0.2, 0.25) is 0 Å². The van der Waals surface area contributed by atoms with Gasteiger partial charge in [0.1, 0.15) is 11.5 Å². The Labute approximate surface area is 120 Å². The van der Waals surface area contributed by atoms with Crippen molar-refractivity contribution in [1.29, 1.82) is 0 Å². The quantitative estimate of drug-likeness (QED) is 0.828. The zero-order valence-electron chi connectivity index (χ0n) is 12.6. The molecule has 1 aliphatic heterocycles. The van der Waals surface area contributed by atoms with Crippen molar-refractivity contribution in [2.75, 3.05) is 7.11 Å². The third-order valence-corrected chi connectivity index (χ3v) is 4.16. The van der Waals surface area contributed by atoms with Crippen LogP contribution in [0.3, 0.4) is 0 Å². The fourth-order valence-electron chi connectivity index (χ4n) is 2.22. The normalized spacial score (nSPS) is 21.8. The number of hydrogen-bond acceptors (Lipinski definition) is 5. The van der Waals surface area contributed by atoms with E-state index < -0.39 is 24.3 Å². The minimum Gasteiger partial charge on any atom is -0.507 e. The number of phenolic OH excluding ortho intramolecular Hbond substituents is 1. The number of methoxy groups -OCH3 is 1. The maximum atomic E-state index is 10.0.